The molecule has 0 saturated heterocycles. The molecule has 7 heteroatoms. The van der Waals surface area contributed by atoms with Crippen LogP contribution >= 0.6 is 11.6 Å². The number of nitrogens with zero attached hydrogens (tertiary/aromatic N) is 2. The summed E-state index contributed by atoms with van der Waals surface area (Å²) in [5.41, 5.74) is -2.50. The number of hydrogen-bond donors (Lipinski definition) is 0. The summed E-state index contributed by atoms with van der Waals surface area (Å²) in [6.07, 6.45) is -4.72. The van der Waals surface area contributed by atoms with Gasteiger partial charge in [0.15, 0.2) is 0 Å². The molecule has 0 aliphatic rings. The Bertz CT molecular complexity index is 450. The second-order valence-corrected chi connectivity index (χ2v) is 2.82. The molecule has 0 amide bonds. The van der Waals surface area contributed by atoms with Crippen molar-refractivity contribution in [3.63, 3.8) is 0 Å². The number of halogens is 4. The molecule has 3 nitrogen and oxygen atoms in total. The van der Waals surface area contributed by atoms with E-state index in [1.54, 1.807) is 0 Å². The molecule has 1 rings (SSSR count). The third-order valence-corrected chi connectivity index (χ3v) is 1.68. The molecule has 0 saturated carbocycles. The summed E-state index contributed by atoms with van der Waals surface area (Å²) in [7, 11) is 0. The highest BCUT2D eigenvalue weighted by molar-refractivity contribution is 6.67. The molecule has 78 valence electrons. The Labute approximate surface area is 87.1 Å². The van der Waals surface area contributed by atoms with Crippen LogP contribution in [0.4, 0.5) is 13.2 Å². The fourth-order valence-electron chi connectivity index (χ4n) is 0.900. The second-order valence-electron chi connectivity index (χ2n) is 2.48. The van der Waals surface area contributed by atoms with Crippen molar-refractivity contribution in [1.29, 1.82) is 5.26 Å². The van der Waals surface area contributed by atoms with Gasteiger partial charge in [-0.15, -0.1) is 0 Å². The van der Waals surface area contributed by atoms with Crippen LogP contribution in [0.15, 0.2) is 12.1 Å². The van der Waals surface area contributed by atoms with Gasteiger partial charge in [-0.1, -0.05) is 0 Å². The third-order valence-electron chi connectivity index (χ3n) is 1.50. The van der Waals surface area contributed by atoms with Crippen LogP contribution in [0.1, 0.15) is 21.7 Å². The number of carbonyl (C=O) groups excluding carboxylic acids is 1. The highest BCUT2D eigenvalue weighted by atomic mass is 35.5. The lowest BCUT2D eigenvalue weighted by Gasteiger charge is -2.08. The van der Waals surface area contributed by atoms with E-state index in [1.165, 1.54) is 6.07 Å². The van der Waals surface area contributed by atoms with E-state index < -0.39 is 22.7 Å². The number of rotatable bonds is 1. The van der Waals surface area contributed by atoms with Crippen LogP contribution in [0.5, 0.6) is 0 Å². The normalized spacial score (nSPS) is 10.9. The van der Waals surface area contributed by atoms with E-state index in [0.717, 1.165) is 6.07 Å². The van der Waals surface area contributed by atoms with Crippen molar-refractivity contribution in [2.45, 2.75) is 6.18 Å². The lowest BCUT2D eigenvalue weighted by molar-refractivity contribution is -0.138. The standard InChI is InChI=1S/C8H2ClF3N2O/c9-7(15)6-5(8(10,11)12)2-1-4(3-13)14-6/h1-2H. The van der Waals surface area contributed by atoms with E-state index in [0.29, 0.717) is 6.07 Å². The van der Waals surface area contributed by atoms with E-state index in [9.17, 15) is 18.0 Å². The molecule has 0 spiro atoms. The van der Waals surface area contributed by atoms with Crippen LogP contribution in [-0.2, 0) is 6.18 Å². The van der Waals surface area contributed by atoms with Crippen molar-refractivity contribution in [3.05, 3.63) is 29.1 Å². The molecule has 0 aliphatic heterocycles. The van der Waals surface area contributed by atoms with Crippen LogP contribution in [0, 0.1) is 11.3 Å². The number of pyridine rings is 1. The molecule has 1 aromatic heterocycles. The van der Waals surface area contributed by atoms with Crippen molar-refractivity contribution in [2.75, 3.05) is 0 Å². The van der Waals surface area contributed by atoms with Gasteiger partial charge in [0.05, 0.1) is 5.56 Å². The van der Waals surface area contributed by atoms with Crippen LogP contribution < -0.4 is 0 Å². The summed E-state index contributed by atoms with van der Waals surface area (Å²) in [5, 5.41) is 7.04. The van der Waals surface area contributed by atoms with E-state index in [-0.39, 0.29) is 5.69 Å². The monoisotopic (exact) mass is 234 g/mol. The van der Waals surface area contributed by atoms with E-state index in [1.807, 2.05) is 0 Å². The molecule has 0 fully saturated rings. The summed E-state index contributed by atoms with van der Waals surface area (Å²) < 4.78 is 36.9. The zero-order valence-electron chi connectivity index (χ0n) is 6.97. The minimum absolute atomic E-state index is 0.299. The van der Waals surface area contributed by atoms with Gasteiger partial charge in [0.2, 0.25) is 0 Å². The highest BCUT2D eigenvalue weighted by Gasteiger charge is 2.36. The SMILES string of the molecule is N#Cc1ccc(C(F)(F)F)c(C(=O)Cl)n1. The first-order chi connectivity index (χ1) is 6.86. The van der Waals surface area contributed by atoms with Crippen molar-refractivity contribution in [1.82, 2.24) is 4.98 Å². The molecule has 0 bridgehead atoms. The predicted octanol–water partition coefficient (Wildman–Crippen LogP) is 2.35. The smallest absolute Gasteiger partial charge is 0.274 e. The summed E-state index contributed by atoms with van der Waals surface area (Å²) in [6, 6.07) is 2.98. The average Bonchev–Trinajstić information content (AvgIpc) is 2.15. The lowest BCUT2D eigenvalue weighted by atomic mass is 10.2. The van der Waals surface area contributed by atoms with Gasteiger partial charge in [-0.05, 0) is 23.7 Å². The summed E-state index contributed by atoms with van der Waals surface area (Å²) in [4.78, 5) is 13.9. The molecule has 0 unspecified atom stereocenters. The molecule has 1 aromatic rings. The first kappa shape index (κ1) is 11.5. The van der Waals surface area contributed by atoms with Crippen LogP contribution in [0.25, 0.3) is 0 Å². The zero-order chi connectivity index (χ0) is 11.6. The second kappa shape index (κ2) is 3.87. The predicted molar refractivity (Wildman–Crippen MR) is 44.1 cm³/mol. The molecule has 15 heavy (non-hydrogen) atoms. The maximum atomic E-state index is 12.3. The van der Waals surface area contributed by atoms with E-state index >= 15 is 0 Å². The van der Waals surface area contributed by atoms with Gasteiger partial charge in [-0.25, -0.2) is 4.98 Å². The van der Waals surface area contributed by atoms with Crippen molar-refractivity contribution in [3.8, 4) is 6.07 Å². The largest absolute Gasteiger partial charge is 0.418 e. The number of carbonyl (C=O) groups is 1. The first-order valence-electron chi connectivity index (χ1n) is 3.54. The fraction of sp³-hybridized carbons (Fsp3) is 0.125. The third kappa shape index (κ3) is 2.44. The number of aromatic nitrogens is 1. The van der Waals surface area contributed by atoms with Gasteiger partial charge in [0, 0.05) is 0 Å². The Morgan fingerprint density at radius 2 is 2.07 bits per heavy atom. The maximum Gasteiger partial charge on any atom is 0.418 e. The van der Waals surface area contributed by atoms with Crippen molar-refractivity contribution >= 4 is 16.8 Å². The molecular weight excluding hydrogens is 233 g/mol. The summed E-state index contributed by atoms with van der Waals surface area (Å²) >= 11 is 4.93. The Kier molecular flexibility index (Phi) is 2.95. The summed E-state index contributed by atoms with van der Waals surface area (Å²) in [6.45, 7) is 0. The Morgan fingerprint density at radius 1 is 1.47 bits per heavy atom. The van der Waals surface area contributed by atoms with Crippen molar-refractivity contribution < 1.29 is 18.0 Å². The molecule has 0 atom stereocenters. The average molecular weight is 235 g/mol. The number of hydrogen-bond acceptors (Lipinski definition) is 3. The van der Waals surface area contributed by atoms with Crippen LogP contribution in [-0.4, -0.2) is 10.2 Å². The van der Waals surface area contributed by atoms with Crippen molar-refractivity contribution in [2.24, 2.45) is 0 Å². The molecule has 1 heterocycles. The Balaban J connectivity index is 3.42. The molecule has 0 aliphatic carbocycles. The van der Waals surface area contributed by atoms with Gasteiger partial charge < -0.3 is 0 Å². The first-order valence-corrected chi connectivity index (χ1v) is 3.92. The van der Waals surface area contributed by atoms with Crippen LogP contribution in [0.3, 0.4) is 0 Å². The fourth-order valence-corrected chi connectivity index (χ4v) is 1.04. The topological polar surface area (TPSA) is 53.8 Å². The molecule has 0 N–H and O–H groups in total. The van der Waals surface area contributed by atoms with Gasteiger partial charge in [-0.3, -0.25) is 4.79 Å². The highest BCUT2D eigenvalue weighted by Crippen LogP contribution is 2.31. The zero-order valence-corrected chi connectivity index (χ0v) is 7.73. The number of alkyl halides is 3. The quantitative estimate of drug-likeness (QED) is 0.701. The molecular formula is C8H2ClF3N2O. The number of nitriles is 1. The van der Waals surface area contributed by atoms with E-state index in [2.05, 4.69) is 4.98 Å². The van der Waals surface area contributed by atoms with Gasteiger partial charge >= 0.3 is 6.18 Å². The van der Waals surface area contributed by atoms with Gasteiger partial charge in [-0.2, -0.15) is 18.4 Å². The van der Waals surface area contributed by atoms with Gasteiger partial charge in [0.25, 0.3) is 5.24 Å². The minimum atomic E-state index is -4.72. The van der Waals surface area contributed by atoms with Crippen LogP contribution in [0.2, 0.25) is 0 Å². The van der Waals surface area contributed by atoms with Gasteiger partial charge in [0.1, 0.15) is 17.5 Å². The minimum Gasteiger partial charge on any atom is -0.274 e. The molecule has 0 aromatic carbocycles. The Hall–Kier alpha value is -1.61. The lowest BCUT2D eigenvalue weighted by Crippen LogP contribution is -2.13. The summed E-state index contributed by atoms with van der Waals surface area (Å²) in [5.74, 6) is 0. The molecule has 0 radical (unpaired) electrons. The Morgan fingerprint density at radius 3 is 2.47 bits per heavy atom. The van der Waals surface area contributed by atoms with E-state index in [4.69, 9.17) is 16.9 Å². The maximum absolute atomic E-state index is 12.3.